The molecule has 0 aromatic heterocycles. The maximum atomic E-state index is 9.61. The Morgan fingerprint density at radius 3 is 2.89 bits per heavy atom. The van der Waals surface area contributed by atoms with Gasteiger partial charge in [0.05, 0.1) is 11.3 Å². The quantitative estimate of drug-likeness (QED) is 0.350. The molecule has 1 aliphatic carbocycles. The van der Waals surface area contributed by atoms with Crippen LogP contribution in [-0.4, -0.2) is 35.1 Å². The number of anilines is 1. The maximum Gasteiger partial charge on any atom is 0.192 e. The van der Waals surface area contributed by atoms with Crippen LogP contribution in [0.5, 0.6) is 0 Å². The van der Waals surface area contributed by atoms with Crippen molar-refractivity contribution in [2.24, 2.45) is 11.3 Å². The summed E-state index contributed by atoms with van der Waals surface area (Å²) in [6.45, 7) is 11.9. The van der Waals surface area contributed by atoms with Crippen LogP contribution in [0.4, 0.5) is 5.69 Å². The van der Waals surface area contributed by atoms with Crippen molar-refractivity contribution in [2.45, 2.75) is 65.2 Å². The lowest BCUT2D eigenvalue weighted by Gasteiger charge is -2.37. The smallest absolute Gasteiger partial charge is 0.192 e. The molecule has 1 unspecified atom stereocenters. The molecule has 1 N–H and O–H groups in total. The topological polar surface area (TPSA) is 26.5 Å². The van der Waals surface area contributed by atoms with Gasteiger partial charge < -0.3 is 10.0 Å². The second-order valence-electron chi connectivity index (χ2n) is 12.3. The summed E-state index contributed by atoms with van der Waals surface area (Å²) in [5, 5.41) is 9.61. The summed E-state index contributed by atoms with van der Waals surface area (Å²) in [6.07, 6.45) is 23.9. The molecular weight excluding hydrogens is 452 g/mol. The first-order chi connectivity index (χ1) is 17.8. The van der Waals surface area contributed by atoms with Crippen LogP contribution < -0.4 is 4.90 Å². The Morgan fingerprint density at radius 1 is 1.19 bits per heavy atom. The molecule has 0 fully saturated rings. The highest BCUT2D eigenvalue weighted by atomic mass is 16.2. The first-order valence-electron chi connectivity index (χ1n) is 14.2. The number of hydrogen-bond acceptors (Lipinski definition) is 2. The van der Waals surface area contributed by atoms with E-state index < -0.39 is 0 Å². The molecule has 5 aliphatic rings. The van der Waals surface area contributed by atoms with Gasteiger partial charge in [0, 0.05) is 48.5 Å². The standard InChI is InChI=1S/C34H41N2O/c1-33(2)27(23-35-21-19-26-11-6-13-28(33)31(26)35)17-15-24(9-8-22-37)16-18-30-34(3,4)29-14-5-10-25-12-7-20-36(30)32(25)29/h5-6,10-11,13-18,23,29,37H,7-9,12,19-22H2,1-4H3/q+1. The molecule has 0 saturated heterocycles. The van der Waals surface area contributed by atoms with Crippen molar-refractivity contribution in [3.63, 3.8) is 0 Å². The molecule has 4 aliphatic heterocycles. The molecular formula is C34H41N2O+. The molecule has 192 valence electrons. The second-order valence-corrected chi connectivity index (χ2v) is 12.3. The minimum atomic E-state index is -0.0358. The van der Waals surface area contributed by atoms with Crippen molar-refractivity contribution in [2.75, 3.05) is 24.6 Å². The molecule has 37 heavy (non-hydrogen) atoms. The van der Waals surface area contributed by atoms with Gasteiger partial charge in [-0.1, -0.05) is 68.5 Å². The SMILES string of the molecule is CC1(C)C(C=CC(=CC=C2[N+]3=C4C(=CC=CC4C2(C)C)CCC3)CCCO)=CN2CCc3cccc1c32. The van der Waals surface area contributed by atoms with E-state index in [4.69, 9.17) is 0 Å². The number of hydrogen-bond donors (Lipinski definition) is 1. The largest absolute Gasteiger partial charge is 0.396 e. The molecule has 1 aromatic carbocycles. The highest BCUT2D eigenvalue weighted by molar-refractivity contribution is 6.03. The third kappa shape index (κ3) is 3.94. The zero-order valence-electron chi connectivity index (χ0n) is 22.9. The summed E-state index contributed by atoms with van der Waals surface area (Å²) in [6, 6.07) is 6.81. The van der Waals surface area contributed by atoms with Crippen LogP contribution in [-0.2, 0) is 11.8 Å². The lowest BCUT2D eigenvalue weighted by atomic mass is 9.73. The van der Waals surface area contributed by atoms with E-state index in [1.165, 1.54) is 57.8 Å². The number of aliphatic hydroxyl groups is 1. The zero-order chi connectivity index (χ0) is 25.8. The van der Waals surface area contributed by atoms with Crippen LogP contribution in [0.25, 0.3) is 0 Å². The third-order valence-corrected chi connectivity index (χ3v) is 9.35. The average molecular weight is 494 g/mol. The van der Waals surface area contributed by atoms with Crippen molar-refractivity contribution < 1.29 is 9.68 Å². The zero-order valence-corrected chi connectivity index (χ0v) is 22.9. The predicted molar refractivity (Wildman–Crippen MR) is 154 cm³/mol. The molecule has 0 radical (unpaired) electrons. The van der Waals surface area contributed by atoms with Crippen LogP contribution in [0.1, 0.15) is 64.5 Å². The summed E-state index contributed by atoms with van der Waals surface area (Å²) in [5.41, 5.74) is 11.5. The monoisotopic (exact) mass is 493 g/mol. The molecule has 1 aromatic rings. The second kappa shape index (κ2) is 9.13. The number of rotatable bonds is 6. The fraction of sp³-hybridized carbons (Fsp3) is 0.441. The van der Waals surface area contributed by atoms with Gasteiger partial charge in [0.1, 0.15) is 6.54 Å². The van der Waals surface area contributed by atoms with Gasteiger partial charge in [-0.2, -0.15) is 4.58 Å². The highest BCUT2D eigenvalue weighted by Gasteiger charge is 2.53. The summed E-state index contributed by atoms with van der Waals surface area (Å²) in [4.78, 5) is 2.45. The minimum Gasteiger partial charge on any atom is -0.396 e. The third-order valence-electron chi connectivity index (χ3n) is 9.35. The maximum absolute atomic E-state index is 9.61. The average Bonchev–Trinajstić information content (AvgIpc) is 3.40. The molecule has 0 amide bonds. The van der Waals surface area contributed by atoms with Crippen molar-refractivity contribution >= 4 is 11.4 Å². The number of allylic oxidation sites excluding steroid dienone is 11. The van der Waals surface area contributed by atoms with Crippen LogP contribution in [0.2, 0.25) is 0 Å². The first kappa shape index (κ1) is 24.4. The molecule has 3 nitrogen and oxygen atoms in total. The number of aliphatic hydroxyl groups excluding tert-OH is 1. The lowest BCUT2D eigenvalue weighted by Crippen LogP contribution is -2.30. The van der Waals surface area contributed by atoms with E-state index in [9.17, 15) is 5.11 Å². The minimum absolute atomic E-state index is 0.0358. The Balaban J connectivity index is 1.34. The molecule has 4 heterocycles. The van der Waals surface area contributed by atoms with Crippen LogP contribution in [0.3, 0.4) is 0 Å². The number of benzene rings is 1. The Bertz CT molecular complexity index is 1340. The van der Waals surface area contributed by atoms with Crippen LogP contribution in [0.15, 0.2) is 89.3 Å². The number of nitrogens with zero attached hydrogens (tertiary/aromatic N) is 2. The summed E-state index contributed by atoms with van der Waals surface area (Å²) in [5.74, 6) is 0.461. The van der Waals surface area contributed by atoms with Gasteiger partial charge in [-0.15, -0.1) is 0 Å². The normalized spacial score (nSPS) is 26.1. The van der Waals surface area contributed by atoms with E-state index in [1.54, 1.807) is 0 Å². The fourth-order valence-electron chi connectivity index (χ4n) is 7.15. The fourth-order valence-corrected chi connectivity index (χ4v) is 7.15. The Labute approximate surface area is 222 Å². The highest BCUT2D eigenvalue weighted by Crippen LogP contribution is 2.48. The molecule has 0 saturated carbocycles. The van der Waals surface area contributed by atoms with Gasteiger partial charge in [0.2, 0.25) is 0 Å². The van der Waals surface area contributed by atoms with Gasteiger partial charge in [-0.05, 0) is 61.8 Å². The van der Waals surface area contributed by atoms with Gasteiger partial charge >= 0.3 is 0 Å². The van der Waals surface area contributed by atoms with Crippen molar-refractivity contribution in [1.29, 1.82) is 0 Å². The van der Waals surface area contributed by atoms with Crippen molar-refractivity contribution in [1.82, 2.24) is 0 Å². The van der Waals surface area contributed by atoms with E-state index in [-0.39, 0.29) is 17.4 Å². The van der Waals surface area contributed by atoms with E-state index in [2.05, 4.69) is 104 Å². The molecule has 0 spiro atoms. The van der Waals surface area contributed by atoms with Crippen molar-refractivity contribution in [3.05, 3.63) is 100 Å². The lowest BCUT2D eigenvalue weighted by molar-refractivity contribution is -0.482. The van der Waals surface area contributed by atoms with Gasteiger partial charge in [0.15, 0.2) is 11.4 Å². The van der Waals surface area contributed by atoms with Gasteiger partial charge in [0.25, 0.3) is 0 Å². The molecule has 0 bridgehead atoms. The Kier molecular flexibility index (Phi) is 6.03. The van der Waals surface area contributed by atoms with Crippen molar-refractivity contribution in [3.8, 4) is 0 Å². The van der Waals surface area contributed by atoms with Crippen LogP contribution >= 0.6 is 0 Å². The summed E-state index contributed by atoms with van der Waals surface area (Å²) < 4.78 is 2.60. The first-order valence-corrected chi connectivity index (χ1v) is 14.2. The van der Waals surface area contributed by atoms with E-state index >= 15 is 0 Å². The van der Waals surface area contributed by atoms with Gasteiger partial charge in [-0.3, -0.25) is 0 Å². The van der Waals surface area contributed by atoms with Gasteiger partial charge in [-0.25, -0.2) is 0 Å². The molecule has 3 heteroatoms. The summed E-state index contributed by atoms with van der Waals surface area (Å²) >= 11 is 0. The Morgan fingerprint density at radius 2 is 2.05 bits per heavy atom. The summed E-state index contributed by atoms with van der Waals surface area (Å²) in [7, 11) is 0. The molecule has 6 rings (SSSR count). The molecule has 1 atom stereocenters. The number of para-hydroxylation sites is 1. The Hall–Kier alpha value is -2.91. The predicted octanol–water partition coefficient (Wildman–Crippen LogP) is 6.76. The van der Waals surface area contributed by atoms with E-state index in [0.717, 1.165) is 32.4 Å². The van der Waals surface area contributed by atoms with E-state index in [0.29, 0.717) is 5.92 Å². The van der Waals surface area contributed by atoms with Crippen LogP contribution in [0, 0.1) is 11.3 Å². The van der Waals surface area contributed by atoms with E-state index in [1.807, 2.05) is 0 Å².